The molecule has 0 saturated heterocycles. The molecule has 0 aliphatic heterocycles. The summed E-state index contributed by atoms with van der Waals surface area (Å²) in [5.41, 5.74) is 1.86. The topological polar surface area (TPSA) is 26.3 Å². The molecule has 0 atom stereocenters. The van der Waals surface area contributed by atoms with Crippen molar-refractivity contribution in [1.82, 2.24) is 0 Å². The minimum Gasteiger partial charge on any atom is -0.464 e. The molecule has 0 unspecified atom stereocenters. The molecule has 5 aromatic rings. The Morgan fingerprint density at radius 2 is 0.850 bits per heavy atom. The normalized spacial score (nSPS) is 12.0. The summed E-state index contributed by atoms with van der Waals surface area (Å²) in [5.74, 6) is 0. The summed E-state index contributed by atoms with van der Waals surface area (Å²) in [4.78, 5) is 0. The van der Waals surface area contributed by atoms with Gasteiger partial charge < -0.3 is 8.83 Å². The van der Waals surface area contributed by atoms with Crippen LogP contribution in [0.25, 0.3) is 43.5 Å². The zero-order valence-electron chi connectivity index (χ0n) is 10.6. The molecule has 2 nitrogen and oxygen atoms in total. The molecule has 3 aromatic carbocycles. The molecule has 94 valence electrons. The third-order valence-electron chi connectivity index (χ3n) is 3.94. The molecule has 0 amide bonds. The van der Waals surface area contributed by atoms with E-state index < -0.39 is 0 Å². The van der Waals surface area contributed by atoms with Gasteiger partial charge in [0.25, 0.3) is 0 Å². The Balaban J connectivity index is 1.98. The molecule has 0 saturated carbocycles. The molecule has 0 fully saturated rings. The van der Waals surface area contributed by atoms with Crippen molar-refractivity contribution in [3.8, 4) is 0 Å². The van der Waals surface area contributed by atoms with Gasteiger partial charge >= 0.3 is 0 Å². The predicted octanol–water partition coefficient (Wildman–Crippen LogP) is 5.49. The van der Waals surface area contributed by atoms with E-state index in [4.69, 9.17) is 8.83 Å². The van der Waals surface area contributed by atoms with Crippen LogP contribution < -0.4 is 0 Å². The van der Waals surface area contributed by atoms with Crippen LogP contribution in [0.4, 0.5) is 0 Å². The van der Waals surface area contributed by atoms with Crippen molar-refractivity contribution in [2.75, 3.05) is 0 Å². The zero-order valence-corrected chi connectivity index (χ0v) is 10.6. The summed E-state index contributed by atoms with van der Waals surface area (Å²) in [5, 5.41) is 7.10. The molecule has 2 heterocycles. The molecular formula is C18H10O2. The van der Waals surface area contributed by atoms with Gasteiger partial charge in [-0.2, -0.15) is 0 Å². The van der Waals surface area contributed by atoms with Crippen molar-refractivity contribution in [2.24, 2.45) is 0 Å². The molecule has 0 radical (unpaired) electrons. The largest absolute Gasteiger partial charge is 0.464 e. The van der Waals surface area contributed by atoms with E-state index in [1.165, 1.54) is 21.5 Å². The van der Waals surface area contributed by atoms with Gasteiger partial charge in [-0.15, -0.1) is 0 Å². The van der Waals surface area contributed by atoms with E-state index in [0.717, 1.165) is 21.9 Å². The second-order valence-electron chi connectivity index (χ2n) is 5.17. The average molecular weight is 258 g/mol. The van der Waals surface area contributed by atoms with E-state index in [1.54, 1.807) is 12.5 Å². The van der Waals surface area contributed by atoms with Gasteiger partial charge in [0.05, 0.1) is 12.5 Å². The van der Waals surface area contributed by atoms with E-state index >= 15 is 0 Å². The van der Waals surface area contributed by atoms with E-state index in [0.29, 0.717) is 0 Å². The Morgan fingerprint density at radius 3 is 1.35 bits per heavy atom. The smallest absolute Gasteiger partial charge is 0.134 e. The van der Waals surface area contributed by atoms with Crippen molar-refractivity contribution in [3.63, 3.8) is 0 Å². The summed E-state index contributed by atoms with van der Waals surface area (Å²) >= 11 is 0. The maximum atomic E-state index is 5.48. The van der Waals surface area contributed by atoms with Crippen LogP contribution in [0.5, 0.6) is 0 Å². The lowest BCUT2D eigenvalue weighted by Gasteiger charge is -2.03. The van der Waals surface area contributed by atoms with Gasteiger partial charge in [0, 0.05) is 10.8 Å². The number of benzene rings is 3. The minimum absolute atomic E-state index is 0.932. The van der Waals surface area contributed by atoms with Gasteiger partial charge in [-0.3, -0.25) is 0 Å². The first-order chi connectivity index (χ1) is 9.87. The first kappa shape index (κ1) is 10.1. The second-order valence-corrected chi connectivity index (χ2v) is 5.17. The van der Waals surface area contributed by atoms with Crippen LogP contribution in [0.3, 0.4) is 0 Å². The van der Waals surface area contributed by atoms with Crippen LogP contribution in [-0.2, 0) is 0 Å². The number of furan rings is 2. The Kier molecular flexibility index (Phi) is 1.73. The van der Waals surface area contributed by atoms with Crippen molar-refractivity contribution in [3.05, 3.63) is 61.1 Å². The summed E-state index contributed by atoms with van der Waals surface area (Å²) in [7, 11) is 0. The fraction of sp³-hybridized carbons (Fsp3) is 0. The molecular weight excluding hydrogens is 248 g/mol. The highest BCUT2D eigenvalue weighted by Crippen LogP contribution is 2.30. The molecule has 5 rings (SSSR count). The highest BCUT2D eigenvalue weighted by Gasteiger charge is 2.05. The molecule has 0 bridgehead atoms. The minimum atomic E-state index is 0.932. The molecule has 20 heavy (non-hydrogen) atoms. The van der Waals surface area contributed by atoms with Crippen molar-refractivity contribution in [2.45, 2.75) is 0 Å². The van der Waals surface area contributed by atoms with Gasteiger partial charge in [0.2, 0.25) is 0 Å². The lowest BCUT2D eigenvalue weighted by molar-refractivity contribution is 0.616. The standard InChI is InChI=1S/C18H10O2/c1-3-19-17-9-15-8-14-6-12-2-4-20-18(12)10-16(14)7-13(15)5-11(1)17/h1-10H. The monoisotopic (exact) mass is 258 g/mol. The quantitative estimate of drug-likeness (QED) is 0.343. The van der Waals surface area contributed by atoms with E-state index in [-0.39, 0.29) is 0 Å². The molecule has 0 aliphatic rings. The van der Waals surface area contributed by atoms with Gasteiger partial charge in [-0.1, -0.05) is 0 Å². The maximum Gasteiger partial charge on any atom is 0.134 e. The van der Waals surface area contributed by atoms with Crippen molar-refractivity contribution in [1.29, 1.82) is 0 Å². The highest BCUT2D eigenvalue weighted by atomic mass is 16.3. The van der Waals surface area contributed by atoms with Crippen LogP contribution in [0, 0.1) is 0 Å². The number of hydrogen-bond donors (Lipinski definition) is 0. The Bertz CT molecular complexity index is 926. The fourth-order valence-corrected chi connectivity index (χ4v) is 2.92. The molecule has 2 heteroatoms. The number of fused-ring (bicyclic) bond motifs is 4. The summed E-state index contributed by atoms with van der Waals surface area (Å²) in [6, 6.07) is 16.9. The lowest BCUT2D eigenvalue weighted by Crippen LogP contribution is -1.77. The van der Waals surface area contributed by atoms with Crippen LogP contribution in [0.15, 0.2) is 69.9 Å². The van der Waals surface area contributed by atoms with Crippen molar-refractivity contribution < 1.29 is 8.83 Å². The lowest BCUT2D eigenvalue weighted by atomic mass is 10.0. The number of rotatable bonds is 0. The van der Waals surface area contributed by atoms with Gasteiger partial charge in [0.1, 0.15) is 11.2 Å². The molecule has 0 aliphatic carbocycles. The summed E-state index contributed by atoms with van der Waals surface area (Å²) in [6.07, 6.45) is 3.47. The predicted molar refractivity (Wildman–Crippen MR) is 81.0 cm³/mol. The number of hydrogen-bond acceptors (Lipinski definition) is 2. The van der Waals surface area contributed by atoms with E-state index in [2.05, 4.69) is 36.4 Å². The third-order valence-corrected chi connectivity index (χ3v) is 3.94. The van der Waals surface area contributed by atoms with Gasteiger partial charge in [-0.05, 0) is 70.1 Å². The third kappa shape index (κ3) is 1.28. The Hall–Kier alpha value is -2.74. The summed E-state index contributed by atoms with van der Waals surface area (Å²) in [6.45, 7) is 0. The van der Waals surface area contributed by atoms with Crippen molar-refractivity contribution >= 4 is 43.5 Å². The summed E-state index contributed by atoms with van der Waals surface area (Å²) < 4.78 is 11.0. The maximum absolute atomic E-state index is 5.48. The van der Waals surface area contributed by atoms with Crippen LogP contribution in [0.2, 0.25) is 0 Å². The molecule has 0 spiro atoms. The van der Waals surface area contributed by atoms with Crippen LogP contribution in [-0.4, -0.2) is 0 Å². The molecule has 2 aromatic heterocycles. The average Bonchev–Trinajstić information content (AvgIpc) is 3.07. The Labute approximate surface area is 114 Å². The highest BCUT2D eigenvalue weighted by molar-refractivity contribution is 6.06. The van der Waals surface area contributed by atoms with E-state index in [9.17, 15) is 0 Å². The zero-order chi connectivity index (χ0) is 13.1. The fourth-order valence-electron chi connectivity index (χ4n) is 2.92. The SMILES string of the molecule is c1cc2cc3cc4cc5occc5cc4cc3cc2o1. The molecule has 0 N–H and O–H groups in total. The Morgan fingerprint density at radius 1 is 0.450 bits per heavy atom. The first-order valence-electron chi connectivity index (χ1n) is 6.59. The van der Waals surface area contributed by atoms with Gasteiger partial charge in [-0.25, -0.2) is 0 Å². The second kappa shape index (κ2) is 3.42. The van der Waals surface area contributed by atoms with Crippen LogP contribution >= 0.6 is 0 Å². The van der Waals surface area contributed by atoms with Gasteiger partial charge in [0.15, 0.2) is 0 Å². The van der Waals surface area contributed by atoms with Crippen LogP contribution in [0.1, 0.15) is 0 Å². The first-order valence-corrected chi connectivity index (χ1v) is 6.59. The van der Waals surface area contributed by atoms with E-state index in [1.807, 2.05) is 12.1 Å².